The van der Waals surface area contributed by atoms with Crippen molar-refractivity contribution in [2.45, 2.75) is 162 Å². The van der Waals surface area contributed by atoms with Crippen LogP contribution in [0, 0.1) is 6.92 Å². The van der Waals surface area contributed by atoms with Crippen LogP contribution in [0.4, 0.5) is 0 Å². The standard InChI is InChI=1S/C28H54N2/c1-5-7-9-11-13-14-15-16-17-18-19-21-23-26(3)28-29-27(4)25-30(28)24-22-20-12-10-8-6-2/h25-26H,5-24H2,1-4H3. The van der Waals surface area contributed by atoms with Crippen LogP contribution in [-0.4, -0.2) is 9.55 Å². The molecule has 2 nitrogen and oxygen atoms in total. The summed E-state index contributed by atoms with van der Waals surface area (Å²) < 4.78 is 2.46. The molecular formula is C28H54N2. The van der Waals surface area contributed by atoms with Gasteiger partial charge in [-0.2, -0.15) is 0 Å². The Bertz CT molecular complexity index is 491. The fourth-order valence-electron chi connectivity index (χ4n) is 4.62. The van der Waals surface area contributed by atoms with Crippen LogP contribution in [0.1, 0.15) is 160 Å². The minimum absolute atomic E-state index is 0.599. The van der Waals surface area contributed by atoms with Gasteiger partial charge in [-0.15, -0.1) is 0 Å². The molecule has 1 rings (SSSR count). The highest BCUT2D eigenvalue weighted by molar-refractivity contribution is 5.06. The number of hydrogen-bond acceptors (Lipinski definition) is 1. The fraction of sp³-hybridized carbons (Fsp3) is 0.893. The number of aromatic nitrogens is 2. The van der Waals surface area contributed by atoms with Crippen LogP contribution in [0.15, 0.2) is 6.20 Å². The van der Waals surface area contributed by atoms with Crippen molar-refractivity contribution in [1.82, 2.24) is 9.55 Å². The second-order valence-corrected chi connectivity index (χ2v) is 9.78. The Morgan fingerprint density at radius 3 is 1.60 bits per heavy atom. The lowest BCUT2D eigenvalue weighted by Crippen LogP contribution is -2.07. The van der Waals surface area contributed by atoms with E-state index in [1.54, 1.807) is 0 Å². The summed E-state index contributed by atoms with van der Waals surface area (Å²) in [5.41, 5.74) is 1.19. The van der Waals surface area contributed by atoms with Crippen molar-refractivity contribution in [3.63, 3.8) is 0 Å². The number of aryl methyl sites for hydroxylation is 2. The summed E-state index contributed by atoms with van der Waals surface area (Å²) in [6, 6.07) is 0. The maximum Gasteiger partial charge on any atom is 0.111 e. The Kier molecular flexibility index (Phi) is 17.2. The topological polar surface area (TPSA) is 17.8 Å². The van der Waals surface area contributed by atoms with Crippen LogP contribution in [0.25, 0.3) is 0 Å². The zero-order chi connectivity index (χ0) is 21.9. The molecule has 1 unspecified atom stereocenters. The van der Waals surface area contributed by atoms with Crippen molar-refractivity contribution in [2.75, 3.05) is 0 Å². The zero-order valence-corrected chi connectivity index (χ0v) is 21.2. The van der Waals surface area contributed by atoms with Crippen molar-refractivity contribution >= 4 is 0 Å². The number of nitrogens with zero attached hydrogens (tertiary/aromatic N) is 2. The molecule has 0 aromatic carbocycles. The van der Waals surface area contributed by atoms with Gasteiger partial charge in [0, 0.05) is 18.7 Å². The maximum absolute atomic E-state index is 4.88. The van der Waals surface area contributed by atoms with Crippen molar-refractivity contribution in [3.8, 4) is 0 Å². The average Bonchev–Trinajstić information content (AvgIpc) is 3.11. The van der Waals surface area contributed by atoms with Crippen molar-refractivity contribution < 1.29 is 0 Å². The van der Waals surface area contributed by atoms with Gasteiger partial charge in [0.05, 0.1) is 5.69 Å². The van der Waals surface area contributed by atoms with Crippen molar-refractivity contribution in [3.05, 3.63) is 17.7 Å². The number of rotatable bonds is 21. The highest BCUT2D eigenvalue weighted by Crippen LogP contribution is 2.23. The normalized spacial score (nSPS) is 12.5. The van der Waals surface area contributed by atoms with E-state index >= 15 is 0 Å². The Morgan fingerprint density at radius 1 is 0.667 bits per heavy atom. The minimum Gasteiger partial charge on any atom is -0.334 e. The van der Waals surface area contributed by atoms with E-state index in [4.69, 9.17) is 4.98 Å². The Morgan fingerprint density at radius 2 is 1.10 bits per heavy atom. The summed E-state index contributed by atoms with van der Waals surface area (Å²) in [5, 5.41) is 0. The van der Waals surface area contributed by atoms with E-state index in [9.17, 15) is 0 Å². The first kappa shape index (κ1) is 27.2. The molecule has 2 heteroatoms. The molecule has 0 spiro atoms. The van der Waals surface area contributed by atoms with Gasteiger partial charge in [-0.25, -0.2) is 4.98 Å². The van der Waals surface area contributed by atoms with Crippen LogP contribution in [0.2, 0.25) is 0 Å². The molecule has 0 aliphatic rings. The third-order valence-electron chi connectivity index (χ3n) is 6.61. The van der Waals surface area contributed by atoms with E-state index in [0.717, 1.165) is 6.54 Å². The minimum atomic E-state index is 0.599. The van der Waals surface area contributed by atoms with Gasteiger partial charge in [-0.3, -0.25) is 0 Å². The first-order valence-electron chi connectivity index (χ1n) is 13.7. The molecule has 0 N–H and O–H groups in total. The van der Waals surface area contributed by atoms with Gasteiger partial charge in [-0.1, -0.05) is 130 Å². The van der Waals surface area contributed by atoms with E-state index in [0.29, 0.717) is 5.92 Å². The van der Waals surface area contributed by atoms with Crippen LogP contribution in [0.3, 0.4) is 0 Å². The molecule has 1 heterocycles. The Balaban J connectivity index is 2.09. The summed E-state index contributed by atoms with van der Waals surface area (Å²) in [7, 11) is 0. The summed E-state index contributed by atoms with van der Waals surface area (Å²) in [6.07, 6.45) is 28.9. The Labute approximate surface area is 189 Å². The SMILES string of the molecule is CCCCCCCCCCCCCCC(C)c1nc(C)cn1CCCCCCCC. The second kappa shape index (κ2) is 18.9. The van der Waals surface area contributed by atoms with Gasteiger partial charge in [0.2, 0.25) is 0 Å². The smallest absolute Gasteiger partial charge is 0.111 e. The first-order valence-corrected chi connectivity index (χ1v) is 13.7. The number of imidazole rings is 1. The summed E-state index contributed by atoms with van der Waals surface area (Å²) in [5.74, 6) is 1.94. The first-order chi connectivity index (χ1) is 14.7. The molecule has 1 atom stereocenters. The van der Waals surface area contributed by atoms with Crippen LogP contribution in [-0.2, 0) is 6.54 Å². The monoisotopic (exact) mass is 418 g/mol. The number of unbranched alkanes of at least 4 members (excludes halogenated alkanes) is 16. The lowest BCUT2D eigenvalue weighted by atomic mass is 10.0. The molecule has 30 heavy (non-hydrogen) atoms. The summed E-state index contributed by atoms with van der Waals surface area (Å²) in [4.78, 5) is 4.88. The highest BCUT2D eigenvalue weighted by Gasteiger charge is 2.13. The second-order valence-electron chi connectivity index (χ2n) is 9.78. The average molecular weight is 419 g/mol. The third-order valence-corrected chi connectivity index (χ3v) is 6.61. The fourth-order valence-corrected chi connectivity index (χ4v) is 4.62. The largest absolute Gasteiger partial charge is 0.334 e. The third kappa shape index (κ3) is 13.5. The molecule has 0 fully saturated rings. The predicted molar refractivity (Wildman–Crippen MR) is 134 cm³/mol. The molecule has 1 aromatic heterocycles. The van der Waals surface area contributed by atoms with Crippen LogP contribution < -0.4 is 0 Å². The van der Waals surface area contributed by atoms with Crippen LogP contribution >= 0.6 is 0 Å². The zero-order valence-electron chi connectivity index (χ0n) is 21.2. The van der Waals surface area contributed by atoms with Gasteiger partial charge < -0.3 is 4.57 Å². The predicted octanol–water partition coefficient (Wildman–Crippen LogP) is 9.75. The molecule has 0 aliphatic carbocycles. The Hall–Kier alpha value is -0.790. The molecule has 0 bridgehead atoms. The molecule has 0 amide bonds. The lowest BCUT2D eigenvalue weighted by Gasteiger charge is -2.14. The molecule has 0 radical (unpaired) electrons. The highest BCUT2D eigenvalue weighted by atomic mass is 15.1. The summed E-state index contributed by atoms with van der Waals surface area (Å²) in [6.45, 7) is 10.3. The molecule has 0 saturated heterocycles. The van der Waals surface area contributed by atoms with Gasteiger partial charge in [0.15, 0.2) is 0 Å². The van der Waals surface area contributed by atoms with E-state index in [-0.39, 0.29) is 0 Å². The molecular weight excluding hydrogens is 364 g/mol. The van der Waals surface area contributed by atoms with Gasteiger partial charge >= 0.3 is 0 Å². The van der Waals surface area contributed by atoms with Gasteiger partial charge in [0.25, 0.3) is 0 Å². The molecule has 0 aliphatic heterocycles. The molecule has 0 saturated carbocycles. The van der Waals surface area contributed by atoms with E-state index in [1.807, 2.05) is 0 Å². The number of hydrogen-bond donors (Lipinski definition) is 0. The van der Waals surface area contributed by atoms with E-state index < -0.39 is 0 Å². The summed E-state index contributed by atoms with van der Waals surface area (Å²) >= 11 is 0. The van der Waals surface area contributed by atoms with E-state index in [1.165, 1.54) is 134 Å². The van der Waals surface area contributed by atoms with Crippen LogP contribution in [0.5, 0.6) is 0 Å². The van der Waals surface area contributed by atoms with E-state index in [2.05, 4.69) is 38.5 Å². The van der Waals surface area contributed by atoms with Crippen molar-refractivity contribution in [1.29, 1.82) is 0 Å². The van der Waals surface area contributed by atoms with Gasteiger partial charge in [-0.05, 0) is 19.8 Å². The lowest BCUT2D eigenvalue weighted by molar-refractivity contribution is 0.498. The molecule has 1 aromatic rings. The van der Waals surface area contributed by atoms with Gasteiger partial charge in [0.1, 0.15) is 5.82 Å². The van der Waals surface area contributed by atoms with Crippen molar-refractivity contribution in [2.24, 2.45) is 0 Å². The quantitative estimate of drug-likeness (QED) is 0.182. The molecule has 176 valence electrons. The maximum atomic E-state index is 4.88.